The molecule has 1 fully saturated rings. The molecule has 1 saturated heterocycles. The fourth-order valence-corrected chi connectivity index (χ4v) is 3.36. The van der Waals surface area contributed by atoms with Crippen molar-refractivity contribution in [2.45, 2.75) is 39.5 Å². The first-order valence-electron chi connectivity index (χ1n) is 9.34. The molecule has 1 aliphatic heterocycles. The van der Waals surface area contributed by atoms with Crippen molar-refractivity contribution in [3.63, 3.8) is 0 Å². The van der Waals surface area contributed by atoms with Crippen LogP contribution in [0, 0.1) is 12.8 Å². The van der Waals surface area contributed by atoms with Gasteiger partial charge in [0.15, 0.2) is 0 Å². The molecule has 0 saturated carbocycles. The van der Waals surface area contributed by atoms with E-state index in [1.54, 1.807) is 4.90 Å². The third-order valence-corrected chi connectivity index (χ3v) is 4.94. The van der Waals surface area contributed by atoms with Crippen molar-refractivity contribution in [1.82, 2.24) is 0 Å². The number of benzene rings is 2. The van der Waals surface area contributed by atoms with Gasteiger partial charge in [0.25, 0.3) is 0 Å². The molecule has 1 aliphatic rings. The summed E-state index contributed by atoms with van der Waals surface area (Å²) < 4.78 is 0. The summed E-state index contributed by atoms with van der Waals surface area (Å²) in [6.07, 6.45) is 3.66. The van der Waals surface area contributed by atoms with E-state index in [0.29, 0.717) is 6.54 Å². The average molecular weight is 350 g/mol. The van der Waals surface area contributed by atoms with Gasteiger partial charge >= 0.3 is 0 Å². The zero-order valence-corrected chi connectivity index (χ0v) is 15.5. The van der Waals surface area contributed by atoms with Crippen LogP contribution >= 0.6 is 0 Å². The molecular weight excluding hydrogens is 324 g/mol. The van der Waals surface area contributed by atoms with Gasteiger partial charge in [-0.25, -0.2) is 0 Å². The van der Waals surface area contributed by atoms with Gasteiger partial charge in [0.1, 0.15) is 0 Å². The molecule has 0 spiro atoms. The van der Waals surface area contributed by atoms with Crippen LogP contribution in [0.1, 0.15) is 37.3 Å². The summed E-state index contributed by atoms with van der Waals surface area (Å²) in [4.78, 5) is 26.7. The first kappa shape index (κ1) is 18.2. The Balaban J connectivity index is 1.62. The number of hydrogen-bond acceptors (Lipinski definition) is 2. The molecule has 0 unspecified atom stereocenters. The minimum atomic E-state index is -0.318. The second-order valence-electron chi connectivity index (χ2n) is 6.98. The van der Waals surface area contributed by atoms with Crippen LogP contribution in [0.2, 0.25) is 0 Å². The highest BCUT2D eigenvalue weighted by molar-refractivity contribution is 6.03. The number of hydrogen-bond donors (Lipinski definition) is 1. The Kier molecular flexibility index (Phi) is 5.71. The molecule has 136 valence electrons. The zero-order chi connectivity index (χ0) is 18.5. The molecule has 0 aromatic heterocycles. The van der Waals surface area contributed by atoms with Crippen molar-refractivity contribution in [2.24, 2.45) is 5.92 Å². The van der Waals surface area contributed by atoms with Gasteiger partial charge in [-0.05, 0) is 49.1 Å². The summed E-state index contributed by atoms with van der Waals surface area (Å²) in [7, 11) is 0. The van der Waals surface area contributed by atoms with E-state index in [1.165, 1.54) is 18.4 Å². The third kappa shape index (κ3) is 4.13. The minimum absolute atomic E-state index is 0.00867. The number of nitrogens with one attached hydrogen (secondary N) is 1. The lowest BCUT2D eigenvalue weighted by Crippen LogP contribution is -2.28. The second-order valence-corrected chi connectivity index (χ2v) is 6.98. The van der Waals surface area contributed by atoms with Crippen LogP contribution in [0.25, 0.3) is 0 Å². The predicted octanol–water partition coefficient (Wildman–Crippen LogP) is 4.33. The lowest BCUT2D eigenvalue weighted by atomic mass is 10.1. The van der Waals surface area contributed by atoms with Gasteiger partial charge in [-0.1, -0.05) is 43.7 Å². The lowest BCUT2D eigenvalue weighted by Gasteiger charge is -2.19. The molecule has 1 heterocycles. The summed E-state index contributed by atoms with van der Waals surface area (Å²) in [5.41, 5.74) is 4.02. The molecule has 0 aliphatic carbocycles. The number of carbonyl (C=O) groups is 2. The van der Waals surface area contributed by atoms with E-state index in [2.05, 4.69) is 24.4 Å². The SMILES string of the molecule is CCCCc1ccc(NC(=O)[C@H]2CC(=O)N(c3ccccc3C)C2)cc1. The summed E-state index contributed by atoms with van der Waals surface area (Å²) >= 11 is 0. The van der Waals surface area contributed by atoms with Gasteiger partial charge in [-0.3, -0.25) is 9.59 Å². The average Bonchev–Trinajstić information content (AvgIpc) is 3.03. The van der Waals surface area contributed by atoms with Crippen LogP contribution in [-0.4, -0.2) is 18.4 Å². The number of anilines is 2. The summed E-state index contributed by atoms with van der Waals surface area (Å²) in [6, 6.07) is 15.8. The maximum absolute atomic E-state index is 12.6. The molecule has 4 heteroatoms. The van der Waals surface area contributed by atoms with Gasteiger partial charge < -0.3 is 10.2 Å². The molecule has 1 atom stereocenters. The van der Waals surface area contributed by atoms with E-state index in [0.717, 1.165) is 23.4 Å². The standard InChI is InChI=1S/C22H26N2O2/c1-3-4-8-17-10-12-19(13-11-17)23-22(26)18-14-21(25)24(15-18)20-9-6-5-7-16(20)2/h5-7,9-13,18H,3-4,8,14-15H2,1-2H3,(H,23,26)/t18-/m0/s1. The molecule has 2 aromatic carbocycles. The first-order valence-corrected chi connectivity index (χ1v) is 9.34. The Bertz CT molecular complexity index is 783. The maximum Gasteiger partial charge on any atom is 0.229 e. The fraction of sp³-hybridized carbons (Fsp3) is 0.364. The molecule has 0 radical (unpaired) electrons. The summed E-state index contributed by atoms with van der Waals surface area (Å²) in [5, 5.41) is 2.96. The van der Waals surface area contributed by atoms with Crippen LogP contribution in [-0.2, 0) is 16.0 Å². The summed E-state index contributed by atoms with van der Waals surface area (Å²) in [6.45, 7) is 4.60. The van der Waals surface area contributed by atoms with Crippen molar-refractivity contribution < 1.29 is 9.59 Å². The maximum atomic E-state index is 12.6. The van der Waals surface area contributed by atoms with Crippen molar-refractivity contribution in [2.75, 3.05) is 16.8 Å². The number of rotatable bonds is 6. The minimum Gasteiger partial charge on any atom is -0.326 e. The first-order chi connectivity index (χ1) is 12.6. The van der Waals surface area contributed by atoms with Gasteiger partial charge in [0.2, 0.25) is 11.8 Å². The van der Waals surface area contributed by atoms with Gasteiger partial charge in [0, 0.05) is 24.3 Å². The Labute approximate surface area is 155 Å². The molecule has 4 nitrogen and oxygen atoms in total. The topological polar surface area (TPSA) is 49.4 Å². The number of para-hydroxylation sites is 1. The van der Waals surface area contributed by atoms with Crippen LogP contribution in [0.15, 0.2) is 48.5 Å². The molecular formula is C22H26N2O2. The van der Waals surface area contributed by atoms with Gasteiger partial charge in [-0.15, -0.1) is 0 Å². The quantitative estimate of drug-likeness (QED) is 0.843. The molecule has 2 aromatic rings. The molecule has 0 bridgehead atoms. The van der Waals surface area contributed by atoms with Gasteiger partial charge in [-0.2, -0.15) is 0 Å². The number of amides is 2. The van der Waals surface area contributed by atoms with Crippen molar-refractivity contribution in [3.8, 4) is 0 Å². The van der Waals surface area contributed by atoms with E-state index in [4.69, 9.17) is 0 Å². The van der Waals surface area contributed by atoms with Crippen molar-refractivity contribution >= 4 is 23.2 Å². The van der Waals surface area contributed by atoms with E-state index < -0.39 is 0 Å². The van der Waals surface area contributed by atoms with Crippen molar-refractivity contribution in [3.05, 3.63) is 59.7 Å². The highest BCUT2D eigenvalue weighted by Crippen LogP contribution is 2.28. The monoisotopic (exact) mass is 350 g/mol. The molecule has 2 amide bonds. The van der Waals surface area contributed by atoms with Crippen molar-refractivity contribution in [1.29, 1.82) is 0 Å². The normalized spacial score (nSPS) is 16.8. The molecule has 3 rings (SSSR count). The largest absolute Gasteiger partial charge is 0.326 e. The Morgan fingerprint density at radius 2 is 1.88 bits per heavy atom. The predicted molar refractivity (Wildman–Crippen MR) is 105 cm³/mol. The Morgan fingerprint density at radius 1 is 1.15 bits per heavy atom. The van der Waals surface area contributed by atoms with Crippen LogP contribution in [0.5, 0.6) is 0 Å². The number of aryl methyl sites for hydroxylation is 2. The van der Waals surface area contributed by atoms with Crippen LogP contribution < -0.4 is 10.2 Å². The zero-order valence-electron chi connectivity index (χ0n) is 15.5. The van der Waals surface area contributed by atoms with E-state index >= 15 is 0 Å². The number of unbranched alkanes of at least 4 members (excludes halogenated alkanes) is 1. The van der Waals surface area contributed by atoms with Crippen LogP contribution in [0.4, 0.5) is 11.4 Å². The van der Waals surface area contributed by atoms with E-state index in [1.807, 2.05) is 43.3 Å². The fourth-order valence-electron chi connectivity index (χ4n) is 3.36. The number of nitrogens with zero attached hydrogens (tertiary/aromatic N) is 1. The number of carbonyl (C=O) groups excluding carboxylic acids is 2. The van der Waals surface area contributed by atoms with Crippen LogP contribution in [0.3, 0.4) is 0 Å². The Hall–Kier alpha value is -2.62. The smallest absolute Gasteiger partial charge is 0.229 e. The molecule has 26 heavy (non-hydrogen) atoms. The van der Waals surface area contributed by atoms with E-state index in [-0.39, 0.29) is 24.2 Å². The van der Waals surface area contributed by atoms with Gasteiger partial charge in [0.05, 0.1) is 5.92 Å². The third-order valence-electron chi connectivity index (χ3n) is 4.94. The highest BCUT2D eigenvalue weighted by Gasteiger charge is 2.35. The van der Waals surface area contributed by atoms with E-state index in [9.17, 15) is 9.59 Å². The Morgan fingerprint density at radius 3 is 2.58 bits per heavy atom. The lowest BCUT2D eigenvalue weighted by molar-refractivity contribution is -0.122. The molecule has 1 N–H and O–H groups in total. The second kappa shape index (κ2) is 8.17. The summed E-state index contributed by atoms with van der Waals surface area (Å²) in [5.74, 6) is -0.396. The highest BCUT2D eigenvalue weighted by atomic mass is 16.2.